The molecule has 20 heavy (non-hydrogen) atoms. The molecule has 1 amide bonds. The summed E-state index contributed by atoms with van der Waals surface area (Å²) in [7, 11) is 1.64. The molecule has 0 saturated heterocycles. The Balaban J connectivity index is 1.79. The summed E-state index contributed by atoms with van der Waals surface area (Å²) in [5.74, 6) is 2.53. The summed E-state index contributed by atoms with van der Waals surface area (Å²) in [6.07, 6.45) is 0.397. The predicted molar refractivity (Wildman–Crippen MR) is 78.2 cm³/mol. The van der Waals surface area contributed by atoms with E-state index in [1.807, 2.05) is 24.3 Å². The molecule has 1 N–H and O–H groups in total. The summed E-state index contributed by atoms with van der Waals surface area (Å²) >= 11 is 1.59. The van der Waals surface area contributed by atoms with Crippen molar-refractivity contribution in [2.45, 2.75) is 18.2 Å². The fourth-order valence-electron chi connectivity index (χ4n) is 1.62. The lowest BCUT2D eigenvalue weighted by molar-refractivity contribution is -0.115. The van der Waals surface area contributed by atoms with Crippen molar-refractivity contribution < 1.29 is 14.1 Å². The molecule has 106 valence electrons. The molecule has 2 aromatic rings. The molecule has 5 nitrogen and oxygen atoms in total. The van der Waals surface area contributed by atoms with Gasteiger partial charge in [0.25, 0.3) is 0 Å². The van der Waals surface area contributed by atoms with E-state index in [2.05, 4.69) is 10.5 Å². The molecule has 0 atom stereocenters. The first-order valence-electron chi connectivity index (χ1n) is 6.18. The van der Waals surface area contributed by atoms with E-state index in [1.165, 1.54) is 0 Å². The van der Waals surface area contributed by atoms with E-state index >= 15 is 0 Å². The molecule has 1 aromatic heterocycles. The summed E-state index contributed by atoms with van der Waals surface area (Å²) in [5.41, 5.74) is 0. The number of hydrogen-bond donors (Lipinski definition) is 1. The number of aromatic nitrogens is 1. The van der Waals surface area contributed by atoms with E-state index in [0.29, 0.717) is 23.8 Å². The van der Waals surface area contributed by atoms with Crippen LogP contribution in [-0.2, 0) is 4.79 Å². The second-order valence-electron chi connectivity index (χ2n) is 4.12. The van der Waals surface area contributed by atoms with E-state index in [4.69, 9.17) is 9.26 Å². The molecule has 0 aliphatic rings. The number of methoxy groups -OCH3 is 1. The van der Waals surface area contributed by atoms with Gasteiger partial charge in [-0.05, 0) is 19.1 Å². The van der Waals surface area contributed by atoms with E-state index in [-0.39, 0.29) is 5.91 Å². The molecule has 6 heteroatoms. The summed E-state index contributed by atoms with van der Waals surface area (Å²) < 4.78 is 10.1. The lowest BCUT2D eigenvalue weighted by Gasteiger charge is -2.07. The average molecular weight is 292 g/mol. The number of para-hydroxylation sites is 1. The molecule has 0 aliphatic carbocycles. The van der Waals surface area contributed by atoms with Gasteiger partial charge in [0.15, 0.2) is 5.82 Å². The highest BCUT2D eigenvalue weighted by Gasteiger charge is 2.07. The third kappa shape index (κ3) is 4.03. The van der Waals surface area contributed by atoms with E-state index < -0.39 is 0 Å². The van der Waals surface area contributed by atoms with Gasteiger partial charge in [-0.2, -0.15) is 0 Å². The number of anilines is 1. The first kappa shape index (κ1) is 14.5. The number of nitrogens with zero attached hydrogens (tertiary/aromatic N) is 1. The maximum absolute atomic E-state index is 11.7. The summed E-state index contributed by atoms with van der Waals surface area (Å²) in [4.78, 5) is 12.8. The van der Waals surface area contributed by atoms with Gasteiger partial charge in [0.2, 0.25) is 5.91 Å². The number of carbonyl (C=O) groups excluding carboxylic acids is 1. The van der Waals surface area contributed by atoms with Crippen molar-refractivity contribution in [2.24, 2.45) is 0 Å². The molecule has 0 bridgehead atoms. The smallest absolute Gasteiger partial charge is 0.226 e. The zero-order valence-electron chi connectivity index (χ0n) is 11.4. The number of hydrogen-bond acceptors (Lipinski definition) is 5. The van der Waals surface area contributed by atoms with Crippen LogP contribution in [0.2, 0.25) is 0 Å². The standard InChI is InChI=1S/C14H16N2O3S/c1-10-9-13(16-19-10)15-14(17)7-8-20-12-6-4-3-5-11(12)18-2/h3-6,9H,7-8H2,1-2H3,(H,15,16,17). The Kier molecular flexibility index (Phi) is 5.06. The minimum atomic E-state index is -0.0827. The summed E-state index contributed by atoms with van der Waals surface area (Å²) in [6, 6.07) is 9.43. The van der Waals surface area contributed by atoms with Gasteiger partial charge in [0, 0.05) is 23.1 Å². The normalized spacial score (nSPS) is 10.3. The Labute approximate surface area is 121 Å². The highest BCUT2D eigenvalue weighted by Crippen LogP contribution is 2.29. The van der Waals surface area contributed by atoms with Crippen molar-refractivity contribution in [1.29, 1.82) is 0 Å². The van der Waals surface area contributed by atoms with E-state index in [9.17, 15) is 4.79 Å². The second kappa shape index (κ2) is 7.00. The molecule has 1 aromatic carbocycles. The van der Waals surface area contributed by atoms with Gasteiger partial charge < -0.3 is 14.6 Å². The van der Waals surface area contributed by atoms with E-state index in [1.54, 1.807) is 31.9 Å². The zero-order valence-corrected chi connectivity index (χ0v) is 12.2. The van der Waals surface area contributed by atoms with Crippen LogP contribution in [0.3, 0.4) is 0 Å². The Bertz CT molecular complexity index is 583. The Hall–Kier alpha value is -1.95. The fourth-order valence-corrected chi connectivity index (χ4v) is 2.60. The van der Waals surface area contributed by atoms with Gasteiger partial charge in [-0.15, -0.1) is 11.8 Å². The van der Waals surface area contributed by atoms with Gasteiger partial charge >= 0.3 is 0 Å². The van der Waals surface area contributed by atoms with Crippen molar-refractivity contribution in [3.05, 3.63) is 36.1 Å². The van der Waals surface area contributed by atoms with Gasteiger partial charge in [0.1, 0.15) is 11.5 Å². The summed E-state index contributed by atoms with van der Waals surface area (Å²) in [5, 5.41) is 6.40. The fraction of sp³-hybridized carbons (Fsp3) is 0.286. The largest absolute Gasteiger partial charge is 0.496 e. The van der Waals surface area contributed by atoms with Gasteiger partial charge in [0.05, 0.1) is 7.11 Å². The van der Waals surface area contributed by atoms with Crippen LogP contribution in [0.1, 0.15) is 12.2 Å². The average Bonchev–Trinajstić information content (AvgIpc) is 2.84. The Morgan fingerprint density at radius 1 is 1.45 bits per heavy atom. The van der Waals surface area contributed by atoms with Crippen molar-refractivity contribution in [2.75, 3.05) is 18.2 Å². The van der Waals surface area contributed by atoms with Crippen LogP contribution in [0.5, 0.6) is 5.75 Å². The number of aryl methyl sites for hydroxylation is 1. The molecule has 0 fully saturated rings. The predicted octanol–water partition coefficient (Wildman–Crippen LogP) is 3.11. The molecule has 0 aliphatic heterocycles. The van der Waals surface area contributed by atoms with Crippen LogP contribution >= 0.6 is 11.8 Å². The Morgan fingerprint density at radius 3 is 2.95 bits per heavy atom. The number of rotatable bonds is 6. The van der Waals surface area contributed by atoms with Crippen LogP contribution in [0.15, 0.2) is 39.8 Å². The van der Waals surface area contributed by atoms with Gasteiger partial charge in [-0.1, -0.05) is 17.3 Å². The molecule has 0 radical (unpaired) electrons. The first-order chi connectivity index (χ1) is 9.69. The molecular formula is C14H16N2O3S. The monoisotopic (exact) mass is 292 g/mol. The van der Waals surface area contributed by atoms with Crippen molar-refractivity contribution in [3.63, 3.8) is 0 Å². The topological polar surface area (TPSA) is 64.4 Å². The molecule has 0 spiro atoms. The molecule has 1 heterocycles. The first-order valence-corrected chi connectivity index (χ1v) is 7.16. The van der Waals surface area contributed by atoms with Gasteiger partial charge in [-0.25, -0.2) is 0 Å². The Morgan fingerprint density at radius 2 is 2.25 bits per heavy atom. The number of carbonyl (C=O) groups is 1. The quantitative estimate of drug-likeness (QED) is 0.829. The molecule has 0 unspecified atom stereocenters. The van der Waals surface area contributed by atoms with Crippen molar-refractivity contribution in [3.8, 4) is 5.75 Å². The minimum absolute atomic E-state index is 0.0827. The number of benzene rings is 1. The van der Waals surface area contributed by atoms with Gasteiger partial charge in [-0.3, -0.25) is 4.79 Å². The molecule has 0 saturated carbocycles. The zero-order chi connectivity index (χ0) is 14.4. The maximum atomic E-state index is 11.7. The lowest BCUT2D eigenvalue weighted by Crippen LogP contribution is -2.12. The van der Waals surface area contributed by atoms with Crippen LogP contribution in [0.25, 0.3) is 0 Å². The van der Waals surface area contributed by atoms with Crippen LogP contribution in [0.4, 0.5) is 5.82 Å². The highest BCUT2D eigenvalue weighted by atomic mass is 32.2. The van der Waals surface area contributed by atoms with Crippen LogP contribution in [-0.4, -0.2) is 23.9 Å². The highest BCUT2D eigenvalue weighted by molar-refractivity contribution is 7.99. The third-order valence-electron chi connectivity index (χ3n) is 2.55. The number of amides is 1. The van der Waals surface area contributed by atoms with Crippen molar-refractivity contribution >= 4 is 23.5 Å². The molecule has 2 rings (SSSR count). The summed E-state index contributed by atoms with van der Waals surface area (Å²) in [6.45, 7) is 1.78. The third-order valence-corrected chi connectivity index (χ3v) is 3.61. The number of nitrogens with one attached hydrogen (secondary N) is 1. The number of thioether (sulfide) groups is 1. The minimum Gasteiger partial charge on any atom is -0.496 e. The number of ether oxygens (including phenoxy) is 1. The van der Waals surface area contributed by atoms with Crippen LogP contribution in [0, 0.1) is 6.92 Å². The SMILES string of the molecule is COc1ccccc1SCCC(=O)Nc1cc(C)on1. The lowest BCUT2D eigenvalue weighted by atomic mass is 10.3. The van der Waals surface area contributed by atoms with Crippen LogP contribution < -0.4 is 10.1 Å². The molecular weight excluding hydrogens is 276 g/mol. The van der Waals surface area contributed by atoms with E-state index in [0.717, 1.165) is 10.6 Å². The maximum Gasteiger partial charge on any atom is 0.226 e. The second-order valence-corrected chi connectivity index (χ2v) is 5.26. The van der Waals surface area contributed by atoms with Crippen molar-refractivity contribution in [1.82, 2.24) is 5.16 Å².